The molecule has 2 nitrogen and oxygen atoms in total. The van der Waals surface area contributed by atoms with E-state index in [-0.39, 0.29) is 0 Å². The Labute approximate surface area is 100 Å². The second kappa shape index (κ2) is 5.73. The highest BCUT2D eigenvalue weighted by Gasteiger charge is 1.96. The molecule has 0 aliphatic carbocycles. The maximum Gasteiger partial charge on any atom is 0.117 e. The Kier molecular flexibility index (Phi) is 4.03. The van der Waals surface area contributed by atoms with Gasteiger partial charge in [0.15, 0.2) is 0 Å². The molecule has 1 N–H and O–H groups in total. The molecule has 0 saturated heterocycles. The first kappa shape index (κ1) is 11.2. The minimum Gasteiger partial charge on any atom is -0.468 e. The molecule has 84 valence electrons. The number of halogens is 1. The van der Waals surface area contributed by atoms with Crippen molar-refractivity contribution in [2.45, 2.75) is 13.0 Å². The molecule has 2 rings (SSSR count). The first-order chi connectivity index (χ1) is 7.84. The summed E-state index contributed by atoms with van der Waals surface area (Å²) in [6.45, 7) is 1.71. The van der Waals surface area contributed by atoms with Crippen molar-refractivity contribution in [3.8, 4) is 0 Å². The second-order valence-electron chi connectivity index (χ2n) is 3.63. The standard InChI is InChI=1S/C13H14ClNO/c14-12-5-3-11(4-6-12)7-8-15-10-13-2-1-9-16-13/h1-6,9,15H,7-8,10H2. The first-order valence-corrected chi connectivity index (χ1v) is 5.70. The number of hydrogen-bond acceptors (Lipinski definition) is 2. The molecule has 0 spiro atoms. The maximum atomic E-state index is 5.81. The van der Waals surface area contributed by atoms with E-state index in [1.165, 1.54) is 5.56 Å². The fourth-order valence-corrected chi connectivity index (χ4v) is 1.63. The summed E-state index contributed by atoms with van der Waals surface area (Å²) in [5, 5.41) is 4.11. The molecule has 16 heavy (non-hydrogen) atoms. The Morgan fingerprint density at radius 2 is 1.94 bits per heavy atom. The van der Waals surface area contributed by atoms with E-state index in [2.05, 4.69) is 17.4 Å². The molecule has 0 unspecified atom stereocenters. The summed E-state index contributed by atoms with van der Waals surface area (Å²) in [5.74, 6) is 0.969. The summed E-state index contributed by atoms with van der Waals surface area (Å²) in [6.07, 6.45) is 2.69. The molecule has 0 atom stereocenters. The third-order valence-corrected chi connectivity index (χ3v) is 2.64. The van der Waals surface area contributed by atoms with Gasteiger partial charge in [-0.3, -0.25) is 0 Å². The highest BCUT2D eigenvalue weighted by Crippen LogP contribution is 2.09. The van der Waals surface area contributed by atoms with E-state index >= 15 is 0 Å². The van der Waals surface area contributed by atoms with Crippen LogP contribution in [0.3, 0.4) is 0 Å². The summed E-state index contributed by atoms with van der Waals surface area (Å²) >= 11 is 5.81. The lowest BCUT2D eigenvalue weighted by molar-refractivity contribution is 0.484. The molecule has 0 radical (unpaired) electrons. The van der Waals surface area contributed by atoms with Gasteiger partial charge in [0.05, 0.1) is 12.8 Å². The van der Waals surface area contributed by atoms with Crippen molar-refractivity contribution >= 4 is 11.6 Å². The fraction of sp³-hybridized carbons (Fsp3) is 0.231. The largest absolute Gasteiger partial charge is 0.468 e. The van der Waals surface area contributed by atoms with Gasteiger partial charge in [-0.2, -0.15) is 0 Å². The van der Waals surface area contributed by atoms with Gasteiger partial charge in [0, 0.05) is 5.02 Å². The number of benzene rings is 1. The molecule has 2 aromatic rings. The molecular formula is C13H14ClNO. The van der Waals surface area contributed by atoms with Gasteiger partial charge < -0.3 is 9.73 Å². The van der Waals surface area contributed by atoms with Crippen LogP contribution in [0.2, 0.25) is 5.02 Å². The molecule has 0 saturated carbocycles. The molecule has 0 amide bonds. The summed E-state index contributed by atoms with van der Waals surface area (Å²) in [7, 11) is 0. The van der Waals surface area contributed by atoms with Crippen molar-refractivity contribution in [3.63, 3.8) is 0 Å². The van der Waals surface area contributed by atoms with Gasteiger partial charge in [-0.25, -0.2) is 0 Å². The Bertz CT molecular complexity index is 408. The zero-order chi connectivity index (χ0) is 11.2. The topological polar surface area (TPSA) is 25.2 Å². The quantitative estimate of drug-likeness (QED) is 0.805. The average molecular weight is 236 g/mol. The Hall–Kier alpha value is -1.25. The lowest BCUT2D eigenvalue weighted by atomic mass is 10.1. The minimum absolute atomic E-state index is 0.778. The van der Waals surface area contributed by atoms with Gasteiger partial charge in [-0.1, -0.05) is 23.7 Å². The zero-order valence-corrected chi connectivity index (χ0v) is 9.70. The Morgan fingerprint density at radius 3 is 2.62 bits per heavy atom. The first-order valence-electron chi connectivity index (χ1n) is 5.32. The predicted octanol–water partition coefficient (Wildman–Crippen LogP) is 3.27. The van der Waals surface area contributed by atoms with Crippen molar-refractivity contribution in [1.82, 2.24) is 5.32 Å². The lowest BCUT2D eigenvalue weighted by Gasteiger charge is -2.03. The molecule has 3 heteroatoms. The number of hydrogen-bond donors (Lipinski definition) is 1. The van der Waals surface area contributed by atoms with Crippen molar-refractivity contribution in [2.24, 2.45) is 0 Å². The van der Waals surface area contributed by atoms with Crippen LogP contribution >= 0.6 is 11.6 Å². The number of furan rings is 1. The summed E-state index contributed by atoms with van der Waals surface area (Å²) in [4.78, 5) is 0. The molecule has 0 fully saturated rings. The Balaban J connectivity index is 1.70. The smallest absolute Gasteiger partial charge is 0.117 e. The predicted molar refractivity (Wildman–Crippen MR) is 65.6 cm³/mol. The summed E-state index contributed by atoms with van der Waals surface area (Å²) < 4.78 is 5.22. The van der Waals surface area contributed by atoms with E-state index in [1.807, 2.05) is 24.3 Å². The molecule has 0 aliphatic heterocycles. The summed E-state index contributed by atoms with van der Waals surface area (Å²) in [6, 6.07) is 11.8. The number of nitrogens with one attached hydrogen (secondary N) is 1. The Morgan fingerprint density at radius 1 is 1.12 bits per heavy atom. The van der Waals surface area contributed by atoms with Crippen LogP contribution in [0.5, 0.6) is 0 Å². The monoisotopic (exact) mass is 235 g/mol. The van der Waals surface area contributed by atoms with Crippen LogP contribution in [-0.2, 0) is 13.0 Å². The molecule has 1 heterocycles. The second-order valence-corrected chi connectivity index (χ2v) is 4.07. The number of rotatable bonds is 5. The van der Waals surface area contributed by atoms with Crippen molar-refractivity contribution < 1.29 is 4.42 Å². The van der Waals surface area contributed by atoms with Crippen molar-refractivity contribution in [3.05, 3.63) is 59.0 Å². The van der Waals surface area contributed by atoms with Crippen LogP contribution in [0.25, 0.3) is 0 Å². The summed E-state index contributed by atoms with van der Waals surface area (Å²) in [5.41, 5.74) is 1.29. The SMILES string of the molecule is Clc1ccc(CCNCc2ccco2)cc1. The van der Waals surface area contributed by atoms with Crippen molar-refractivity contribution in [2.75, 3.05) is 6.54 Å². The average Bonchev–Trinajstić information content (AvgIpc) is 2.80. The molecule has 0 bridgehead atoms. The highest BCUT2D eigenvalue weighted by molar-refractivity contribution is 6.30. The van der Waals surface area contributed by atoms with Crippen LogP contribution in [0.1, 0.15) is 11.3 Å². The van der Waals surface area contributed by atoms with Crippen LogP contribution < -0.4 is 5.32 Å². The van der Waals surface area contributed by atoms with E-state index in [4.69, 9.17) is 16.0 Å². The lowest BCUT2D eigenvalue weighted by Crippen LogP contribution is -2.16. The van der Waals surface area contributed by atoms with E-state index in [9.17, 15) is 0 Å². The molecule has 1 aromatic heterocycles. The van der Waals surface area contributed by atoms with Crippen molar-refractivity contribution in [1.29, 1.82) is 0 Å². The third kappa shape index (κ3) is 3.40. The zero-order valence-electron chi connectivity index (χ0n) is 8.95. The minimum atomic E-state index is 0.778. The van der Waals surface area contributed by atoms with Crippen LogP contribution in [0, 0.1) is 0 Å². The highest BCUT2D eigenvalue weighted by atomic mass is 35.5. The van der Waals surface area contributed by atoms with Gasteiger partial charge in [0.2, 0.25) is 0 Å². The van der Waals surface area contributed by atoms with Gasteiger partial charge in [0.1, 0.15) is 5.76 Å². The van der Waals surface area contributed by atoms with Gasteiger partial charge in [0.25, 0.3) is 0 Å². The van der Waals surface area contributed by atoms with Crippen LogP contribution in [0.4, 0.5) is 0 Å². The maximum absolute atomic E-state index is 5.81. The van der Waals surface area contributed by atoms with Crippen LogP contribution in [0.15, 0.2) is 47.1 Å². The third-order valence-electron chi connectivity index (χ3n) is 2.38. The van der Waals surface area contributed by atoms with Gasteiger partial charge in [-0.05, 0) is 42.8 Å². The normalized spacial score (nSPS) is 10.6. The molecule has 0 aliphatic rings. The van der Waals surface area contributed by atoms with E-state index in [0.717, 1.165) is 30.3 Å². The molecule has 1 aromatic carbocycles. The van der Waals surface area contributed by atoms with Crippen LogP contribution in [-0.4, -0.2) is 6.54 Å². The van der Waals surface area contributed by atoms with E-state index in [1.54, 1.807) is 6.26 Å². The fourth-order valence-electron chi connectivity index (χ4n) is 1.51. The van der Waals surface area contributed by atoms with Gasteiger partial charge >= 0.3 is 0 Å². The van der Waals surface area contributed by atoms with E-state index < -0.39 is 0 Å². The van der Waals surface area contributed by atoms with Gasteiger partial charge in [-0.15, -0.1) is 0 Å². The van der Waals surface area contributed by atoms with E-state index in [0.29, 0.717) is 0 Å². The molecular weight excluding hydrogens is 222 g/mol.